The second kappa shape index (κ2) is 5.18. The lowest BCUT2D eigenvalue weighted by atomic mass is 10.1. The molecule has 0 atom stereocenters. The van der Waals surface area contributed by atoms with Crippen molar-refractivity contribution >= 4 is 5.78 Å². The number of ketones is 1. The van der Waals surface area contributed by atoms with Gasteiger partial charge in [-0.15, -0.1) is 6.58 Å². The van der Waals surface area contributed by atoms with E-state index in [1.807, 2.05) is 6.92 Å². The quantitative estimate of drug-likeness (QED) is 0.608. The molecular formula is C11H19NO. The zero-order valence-corrected chi connectivity index (χ0v) is 8.44. The minimum atomic E-state index is 0.309. The van der Waals surface area contributed by atoms with Crippen molar-refractivity contribution in [1.82, 2.24) is 5.32 Å². The smallest absolute Gasteiger partial charge is 0.146 e. The van der Waals surface area contributed by atoms with Gasteiger partial charge in [0.25, 0.3) is 0 Å². The molecule has 1 aliphatic rings. The first-order valence-corrected chi connectivity index (χ1v) is 5.05. The number of hydrogen-bond acceptors (Lipinski definition) is 2. The minimum absolute atomic E-state index is 0.309. The van der Waals surface area contributed by atoms with E-state index in [0.717, 1.165) is 24.5 Å². The Balaban J connectivity index is 1.93. The molecule has 0 bridgehead atoms. The Morgan fingerprint density at radius 1 is 1.46 bits per heavy atom. The number of rotatable bonds is 7. The first-order valence-electron chi connectivity index (χ1n) is 5.05. The van der Waals surface area contributed by atoms with Crippen molar-refractivity contribution in [2.45, 2.75) is 32.6 Å². The lowest BCUT2D eigenvalue weighted by Crippen LogP contribution is -2.24. The fourth-order valence-electron chi connectivity index (χ4n) is 1.18. The number of carbonyl (C=O) groups excluding carboxylic acids is 1. The Morgan fingerprint density at radius 3 is 2.69 bits per heavy atom. The number of allylic oxidation sites excluding steroid dienone is 1. The van der Waals surface area contributed by atoms with E-state index in [0.29, 0.717) is 18.7 Å². The molecule has 13 heavy (non-hydrogen) atoms. The molecule has 1 aliphatic carbocycles. The van der Waals surface area contributed by atoms with Gasteiger partial charge in [0, 0.05) is 6.42 Å². The first kappa shape index (κ1) is 10.5. The number of carbonyl (C=O) groups is 1. The normalized spacial score (nSPS) is 15.8. The zero-order chi connectivity index (χ0) is 9.68. The summed E-state index contributed by atoms with van der Waals surface area (Å²) < 4.78 is 0. The van der Waals surface area contributed by atoms with E-state index in [1.165, 1.54) is 12.8 Å². The van der Waals surface area contributed by atoms with E-state index < -0.39 is 0 Å². The van der Waals surface area contributed by atoms with Crippen LogP contribution in [0.5, 0.6) is 0 Å². The maximum Gasteiger partial charge on any atom is 0.146 e. The summed E-state index contributed by atoms with van der Waals surface area (Å²) in [6.45, 7) is 7.31. The van der Waals surface area contributed by atoms with Crippen LogP contribution in [-0.4, -0.2) is 18.9 Å². The van der Waals surface area contributed by atoms with Crippen LogP contribution < -0.4 is 5.32 Å². The lowest BCUT2D eigenvalue weighted by Gasteiger charge is -2.02. The average molecular weight is 181 g/mol. The summed E-state index contributed by atoms with van der Waals surface area (Å²) in [5.74, 6) is 1.16. The topological polar surface area (TPSA) is 29.1 Å². The van der Waals surface area contributed by atoms with E-state index in [-0.39, 0.29) is 0 Å². The summed E-state index contributed by atoms with van der Waals surface area (Å²) in [6, 6.07) is 0. The molecule has 0 aliphatic heterocycles. The van der Waals surface area contributed by atoms with Crippen LogP contribution >= 0.6 is 0 Å². The van der Waals surface area contributed by atoms with Crippen molar-refractivity contribution in [3.05, 3.63) is 12.2 Å². The Morgan fingerprint density at radius 2 is 2.15 bits per heavy atom. The van der Waals surface area contributed by atoms with Crippen LogP contribution in [-0.2, 0) is 4.79 Å². The molecule has 1 rings (SSSR count). The Hall–Kier alpha value is -0.630. The van der Waals surface area contributed by atoms with Gasteiger partial charge in [-0.05, 0) is 38.6 Å². The van der Waals surface area contributed by atoms with Crippen LogP contribution in [0, 0.1) is 5.92 Å². The summed E-state index contributed by atoms with van der Waals surface area (Å²) in [7, 11) is 0. The number of nitrogens with one attached hydrogen (secondary N) is 1. The van der Waals surface area contributed by atoms with Crippen LogP contribution in [0.1, 0.15) is 32.6 Å². The van der Waals surface area contributed by atoms with Gasteiger partial charge in [-0.25, -0.2) is 0 Å². The molecule has 0 amide bonds. The third-order valence-electron chi connectivity index (χ3n) is 2.28. The molecule has 1 saturated carbocycles. The predicted molar refractivity (Wildman–Crippen MR) is 54.6 cm³/mol. The van der Waals surface area contributed by atoms with Crippen LogP contribution in [0.25, 0.3) is 0 Å². The summed E-state index contributed by atoms with van der Waals surface area (Å²) in [5, 5.41) is 3.19. The molecule has 2 heteroatoms. The Labute approximate surface area is 80.4 Å². The van der Waals surface area contributed by atoms with Crippen molar-refractivity contribution in [2.75, 3.05) is 13.1 Å². The molecule has 0 aromatic rings. The van der Waals surface area contributed by atoms with Crippen LogP contribution in [0.3, 0.4) is 0 Å². The van der Waals surface area contributed by atoms with Gasteiger partial charge in [-0.3, -0.25) is 4.79 Å². The van der Waals surface area contributed by atoms with Crippen molar-refractivity contribution in [2.24, 2.45) is 5.92 Å². The van der Waals surface area contributed by atoms with Crippen LogP contribution in [0.4, 0.5) is 0 Å². The third kappa shape index (κ3) is 5.58. The molecule has 1 fully saturated rings. The molecule has 2 nitrogen and oxygen atoms in total. The summed E-state index contributed by atoms with van der Waals surface area (Å²) in [4.78, 5) is 11.2. The first-order chi connectivity index (χ1) is 6.18. The highest BCUT2D eigenvalue weighted by molar-refractivity contribution is 5.80. The van der Waals surface area contributed by atoms with Crippen molar-refractivity contribution in [1.29, 1.82) is 0 Å². The molecule has 0 radical (unpaired) electrons. The van der Waals surface area contributed by atoms with E-state index in [4.69, 9.17) is 0 Å². The molecule has 0 saturated heterocycles. The maximum absolute atomic E-state index is 11.2. The highest BCUT2D eigenvalue weighted by atomic mass is 16.1. The zero-order valence-electron chi connectivity index (χ0n) is 8.44. The average Bonchev–Trinajstić information content (AvgIpc) is 2.84. The van der Waals surface area contributed by atoms with Gasteiger partial charge in [0.05, 0.1) is 6.54 Å². The molecule has 74 valence electrons. The van der Waals surface area contributed by atoms with Gasteiger partial charge in [0.15, 0.2) is 0 Å². The molecule has 0 unspecified atom stereocenters. The molecule has 0 heterocycles. The Kier molecular flexibility index (Phi) is 4.16. The summed E-state index contributed by atoms with van der Waals surface area (Å²) in [6.07, 6.45) is 4.16. The molecular weight excluding hydrogens is 162 g/mol. The van der Waals surface area contributed by atoms with Gasteiger partial charge < -0.3 is 5.32 Å². The second-order valence-corrected chi connectivity index (χ2v) is 4.07. The van der Waals surface area contributed by atoms with E-state index in [1.54, 1.807) is 0 Å². The van der Waals surface area contributed by atoms with E-state index in [2.05, 4.69) is 11.9 Å². The molecule has 0 spiro atoms. The van der Waals surface area contributed by atoms with Crippen molar-refractivity contribution in [3.63, 3.8) is 0 Å². The van der Waals surface area contributed by atoms with Gasteiger partial charge in [0.2, 0.25) is 0 Å². The molecule has 1 N–H and O–H groups in total. The van der Waals surface area contributed by atoms with Crippen molar-refractivity contribution in [3.8, 4) is 0 Å². The van der Waals surface area contributed by atoms with Crippen LogP contribution in [0.15, 0.2) is 12.2 Å². The largest absolute Gasteiger partial charge is 0.310 e. The second-order valence-electron chi connectivity index (χ2n) is 4.07. The van der Waals surface area contributed by atoms with Gasteiger partial charge in [-0.1, -0.05) is 5.57 Å². The highest BCUT2D eigenvalue weighted by Crippen LogP contribution is 2.27. The lowest BCUT2D eigenvalue weighted by molar-refractivity contribution is -0.118. The third-order valence-corrected chi connectivity index (χ3v) is 2.28. The fourth-order valence-corrected chi connectivity index (χ4v) is 1.18. The monoisotopic (exact) mass is 181 g/mol. The van der Waals surface area contributed by atoms with Crippen LogP contribution in [0.2, 0.25) is 0 Å². The summed E-state index contributed by atoms with van der Waals surface area (Å²) >= 11 is 0. The van der Waals surface area contributed by atoms with E-state index in [9.17, 15) is 4.79 Å². The summed E-state index contributed by atoms with van der Waals surface area (Å²) in [5.41, 5.74) is 1.09. The standard InChI is InChI=1S/C11H19NO/c1-9(2)3-6-11(13)8-12-7-10-4-5-10/h10,12H,1,3-8H2,2H3. The Bertz CT molecular complexity index is 194. The fraction of sp³-hybridized carbons (Fsp3) is 0.727. The minimum Gasteiger partial charge on any atom is -0.310 e. The molecule has 0 aromatic heterocycles. The predicted octanol–water partition coefficient (Wildman–Crippen LogP) is 1.91. The van der Waals surface area contributed by atoms with Gasteiger partial charge in [-0.2, -0.15) is 0 Å². The number of Topliss-reactive ketones (excluding diaryl/α,β-unsaturated/α-hetero) is 1. The highest BCUT2D eigenvalue weighted by Gasteiger charge is 2.20. The van der Waals surface area contributed by atoms with Gasteiger partial charge >= 0.3 is 0 Å². The van der Waals surface area contributed by atoms with Crippen molar-refractivity contribution < 1.29 is 4.79 Å². The SMILES string of the molecule is C=C(C)CCC(=O)CNCC1CC1. The number of hydrogen-bond donors (Lipinski definition) is 1. The van der Waals surface area contributed by atoms with E-state index >= 15 is 0 Å². The van der Waals surface area contributed by atoms with Gasteiger partial charge in [0.1, 0.15) is 5.78 Å². The maximum atomic E-state index is 11.2. The molecule has 0 aromatic carbocycles.